The first-order valence-corrected chi connectivity index (χ1v) is 11.7. The van der Waals surface area contributed by atoms with Gasteiger partial charge in [-0.2, -0.15) is 0 Å². The molecule has 0 amide bonds. The number of rotatable bonds is 17. The van der Waals surface area contributed by atoms with Crippen molar-refractivity contribution >= 4 is 0 Å². The van der Waals surface area contributed by atoms with Crippen LogP contribution in [0.3, 0.4) is 0 Å². The Morgan fingerprint density at radius 3 is 1.58 bits per heavy atom. The SMILES string of the molecule is [CH2]CCCCCCC(C)CCCCC(C)CCCCCC#CC(C)C[CH2]. The van der Waals surface area contributed by atoms with Crippen LogP contribution in [-0.4, -0.2) is 0 Å². The molecule has 0 aliphatic rings. The predicted octanol–water partition coefficient (Wildman–Crippen LogP) is 8.81. The summed E-state index contributed by atoms with van der Waals surface area (Å²) < 4.78 is 0. The first kappa shape index (κ1) is 25.6. The molecule has 3 unspecified atom stereocenters. The second-order valence-corrected chi connectivity index (χ2v) is 8.66. The van der Waals surface area contributed by atoms with Crippen molar-refractivity contribution in [1.82, 2.24) is 0 Å². The fourth-order valence-electron chi connectivity index (χ4n) is 3.50. The minimum absolute atomic E-state index is 0.469. The standard InChI is InChI=1S/C26H48/c1-6-8-9-11-15-20-25(4)22-17-18-23-26(5)21-16-13-10-12-14-19-24(3)7-2/h24-26H,1-2,6-13,15-18,20-23H2,3-5H3. The minimum Gasteiger partial charge on any atom is -0.103 e. The van der Waals surface area contributed by atoms with E-state index >= 15 is 0 Å². The van der Waals surface area contributed by atoms with Crippen molar-refractivity contribution in [3.8, 4) is 11.8 Å². The Kier molecular flexibility index (Phi) is 19.0. The maximum atomic E-state index is 3.92. The Balaban J connectivity index is 3.40. The molecule has 0 aromatic heterocycles. The molecule has 0 bridgehead atoms. The van der Waals surface area contributed by atoms with E-state index in [1.165, 1.54) is 83.5 Å². The molecule has 26 heavy (non-hydrogen) atoms. The summed E-state index contributed by atoms with van der Waals surface area (Å²) >= 11 is 0. The molecule has 0 N–H and O–H groups in total. The summed E-state index contributed by atoms with van der Waals surface area (Å²) in [7, 11) is 0. The quantitative estimate of drug-likeness (QED) is 0.179. The zero-order valence-electron chi connectivity index (χ0n) is 18.5. The summed E-state index contributed by atoms with van der Waals surface area (Å²) in [6, 6.07) is 0. The molecule has 0 nitrogen and oxygen atoms in total. The Morgan fingerprint density at radius 1 is 0.615 bits per heavy atom. The van der Waals surface area contributed by atoms with E-state index in [1.807, 2.05) is 0 Å². The van der Waals surface area contributed by atoms with Crippen molar-refractivity contribution in [1.29, 1.82) is 0 Å². The van der Waals surface area contributed by atoms with Crippen LogP contribution in [0.1, 0.15) is 124 Å². The van der Waals surface area contributed by atoms with Gasteiger partial charge in [0.25, 0.3) is 0 Å². The van der Waals surface area contributed by atoms with Gasteiger partial charge in [-0.3, -0.25) is 0 Å². The first-order chi connectivity index (χ1) is 12.6. The van der Waals surface area contributed by atoms with Crippen molar-refractivity contribution in [3.63, 3.8) is 0 Å². The van der Waals surface area contributed by atoms with Crippen LogP contribution in [0.25, 0.3) is 0 Å². The molecule has 0 aliphatic heterocycles. The molecule has 2 radical (unpaired) electrons. The van der Waals surface area contributed by atoms with Crippen LogP contribution in [0, 0.1) is 43.4 Å². The third-order valence-corrected chi connectivity index (χ3v) is 5.62. The maximum absolute atomic E-state index is 3.92. The van der Waals surface area contributed by atoms with Crippen molar-refractivity contribution in [2.24, 2.45) is 17.8 Å². The van der Waals surface area contributed by atoms with Crippen LogP contribution in [0.4, 0.5) is 0 Å². The number of unbranched alkanes of at least 4 members (excludes halogenated alkanes) is 8. The fraction of sp³-hybridized carbons (Fsp3) is 0.846. The Hall–Kier alpha value is -0.440. The largest absolute Gasteiger partial charge is 0.103 e. The monoisotopic (exact) mass is 360 g/mol. The normalized spacial score (nSPS) is 14.5. The zero-order valence-corrected chi connectivity index (χ0v) is 18.5. The molecule has 0 saturated carbocycles. The lowest BCUT2D eigenvalue weighted by Crippen LogP contribution is -1.98. The van der Waals surface area contributed by atoms with E-state index < -0.39 is 0 Å². The molecule has 0 rings (SSSR count). The van der Waals surface area contributed by atoms with Gasteiger partial charge >= 0.3 is 0 Å². The third-order valence-electron chi connectivity index (χ3n) is 5.62. The fourth-order valence-corrected chi connectivity index (χ4v) is 3.50. The van der Waals surface area contributed by atoms with E-state index in [9.17, 15) is 0 Å². The van der Waals surface area contributed by atoms with Crippen molar-refractivity contribution in [2.45, 2.75) is 124 Å². The van der Waals surface area contributed by atoms with E-state index in [4.69, 9.17) is 0 Å². The van der Waals surface area contributed by atoms with Crippen LogP contribution >= 0.6 is 0 Å². The van der Waals surface area contributed by atoms with Crippen molar-refractivity contribution < 1.29 is 0 Å². The molecule has 0 heteroatoms. The van der Waals surface area contributed by atoms with Crippen LogP contribution in [-0.2, 0) is 0 Å². The highest BCUT2D eigenvalue weighted by Gasteiger charge is 2.05. The number of hydrogen-bond acceptors (Lipinski definition) is 0. The molecular weight excluding hydrogens is 312 g/mol. The highest BCUT2D eigenvalue weighted by Crippen LogP contribution is 2.21. The predicted molar refractivity (Wildman–Crippen MR) is 120 cm³/mol. The van der Waals surface area contributed by atoms with Gasteiger partial charge in [0, 0.05) is 12.3 Å². The van der Waals surface area contributed by atoms with Gasteiger partial charge in [-0.1, -0.05) is 118 Å². The van der Waals surface area contributed by atoms with Crippen LogP contribution in [0.2, 0.25) is 0 Å². The average molecular weight is 361 g/mol. The molecule has 0 fully saturated rings. The Labute approximate surface area is 167 Å². The number of hydrogen-bond donors (Lipinski definition) is 0. The topological polar surface area (TPSA) is 0 Å². The molecule has 0 aromatic carbocycles. The molecule has 0 aliphatic carbocycles. The summed E-state index contributed by atoms with van der Waals surface area (Å²) in [5, 5.41) is 0. The zero-order chi connectivity index (χ0) is 19.5. The summed E-state index contributed by atoms with van der Waals surface area (Å²) in [5.41, 5.74) is 0. The summed E-state index contributed by atoms with van der Waals surface area (Å²) in [6.45, 7) is 14.9. The smallest absolute Gasteiger partial charge is 0.0174 e. The lowest BCUT2D eigenvalue weighted by atomic mass is 9.93. The van der Waals surface area contributed by atoms with Crippen molar-refractivity contribution in [3.05, 3.63) is 13.8 Å². The highest BCUT2D eigenvalue weighted by atomic mass is 14.1. The molecule has 0 aromatic rings. The van der Waals surface area contributed by atoms with Gasteiger partial charge in [-0.25, -0.2) is 0 Å². The van der Waals surface area contributed by atoms with Gasteiger partial charge in [-0.15, -0.1) is 11.8 Å². The van der Waals surface area contributed by atoms with Gasteiger partial charge in [0.2, 0.25) is 0 Å². The van der Waals surface area contributed by atoms with E-state index in [0.717, 1.165) is 31.1 Å². The summed E-state index contributed by atoms with van der Waals surface area (Å²) in [6.07, 6.45) is 21.2. The Bertz CT molecular complexity index is 332. The molecule has 3 atom stereocenters. The lowest BCUT2D eigenvalue weighted by Gasteiger charge is -2.13. The lowest BCUT2D eigenvalue weighted by molar-refractivity contribution is 0.402. The van der Waals surface area contributed by atoms with E-state index in [-0.39, 0.29) is 0 Å². The van der Waals surface area contributed by atoms with Crippen LogP contribution in [0.15, 0.2) is 0 Å². The van der Waals surface area contributed by atoms with Crippen LogP contribution in [0.5, 0.6) is 0 Å². The minimum atomic E-state index is 0.469. The molecule has 0 spiro atoms. The van der Waals surface area contributed by atoms with E-state index in [2.05, 4.69) is 46.5 Å². The van der Waals surface area contributed by atoms with Gasteiger partial charge in [0.15, 0.2) is 0 Å². The second-order valence-electron chi connectivity index (χ2n) is 8.66. The van der Waals surface area contributed by atoms with E-state index in [1.54, 1.807) is 0 Å². The van der Waals surface area contributed by atoms with Crippen LogP contribution < -0.4 is 0 Å². The van der Waals surface area contributed by atoms with Crippen molar-refractivity contribution in [2.75, 3.05) is 0 Å². The summed E-state index contributed by atoms with van der Waals surface area (Å²) in [4.78, 5) is 0. The Morgan fingerprint density at radius 2 is 1.08 bits per heavy atom. The average Bonchev–Trinajstić information content (AvgIpc) is 2.64. The van der Waals surface area contributed by atoms with Gasteiger partial charge in [0.1, 0.15) is 0 Å². The molecule has 152 valence electrons. The highest BCUT2D eigenvalue weighted by molar-refractivity contribution is 5.02. The molecule has 0 heterocycles. The van der Waals surface area contributed by atoms with E-state index in [0.29, 0.717) is 5.92 Å². The molecule has 0 saturated heterocycles. The second kappa shape index (κ2) is 19.3. The maximum Gasteiger partial charge on any atom is 0.0174 e. The van der Waals surface area contributed by atoms with Gasteiger partial charge in [-0.05, 0) is 24.7 Å². The first-order valence-electron chi connectivity index (χ1n) is 11.7. The third kappa shape index (κ3) is 18.4. The van der Waals surface area contributed by atoms with Gasteiger partial charge < -0.3 is 0 Å². The van der Waals surface area contributed by atoms with Gasteiger partial charge in [0.05, 0.1) is 0 Å². The summed E-state index contributed by atoms with van der Waals surface area (Å²) in [5.74, 6) is 8.89. The molecular formula is C26H48.